The molecule has 0 bridgehead atoms. The van der Waals surface area contributed by atoms with E-state index >= 15 is 0 Å². The zero-order valence-electron chi connectivity index (χ0n) is 21.1. The van der Waals surface area contributed by atoms with Crippen molar-refractivity contribution >= 4 is 22.1 Å². The number of aryl methyl sites for hydroxylation is 3. The molecule has 0 amide bonds. The van der Waals surface area contributed by atoms with Crippen molar-refractivity contribution in [3.8, 4) is 22.4 Å². The topological polar surface area (TPSA) is 29.9 Å². The van der Waals surface area contributed by atoms with E-state index in [-0.39, 0.29) is 5.41 Å². The number of rotatable bonds is 2. The molecule has 0 fully saturated rings. The minimum atomic E-state index is -0.145. The lowest BCUT2D eigenvalue weighted by molar-refractivity contribution is -0.660. The Morgan fingerprint density at radius 3 is 2.44 bits per heavy atom. The lowest BCUT2D eigenvalue weighted by atomic mass is 9.85. The Hall–Kier alpha value is -3.46. The van der Waals surface area contributed by atoms with E-state index in [1.165, 1.54) is 39.1 Å². The summed E-state index contributed by atoms with van der Waals surface area (Å²) in [7, 11) is 2.13. The van der Waals surface area contributed by atoms with Crippen LogP contribution in [0, 0.1) is 13.8 Å². The smallest absolute Gasteiger partial charge is 0.227 e. The summed E-state index contributed by atoms with van der Waals surface area (Å²) >= 11 is 0. The summed E-state index contributed by atoms with van der Waals surface area (Å²) < 4.78 is 8.82. The molecule has 0 N–H and O–H groups in total. The molecule has 3 aromatic heterocycles. The molecule has 0 atom stereocenters. The van der Waals surface area contributed by atoms with Crippen molar-refractivity contribution < 1.29 is 8.98 Å². The second kappa shape index (κ2) is 7.02. The molecule has 0 radical (unpaired) electrons. The molecule has 1 aliphatic carbocycles. The number of furan rings is 1. The first-order valence-electron chi connectivity index (χ1n) is 12.2. The maximum atomic E-state index is 6.58. The summed E-state index contributed by atoms with van der Waals surface area (Å²) in [5.74, 6) is 0.487. The molecule has 0 unspecified atom stereocenters. The van der Waals surface area contributed by atoms with Crippen LogP contribution < -0.4 is 4.57 Å². The summed E-state index contributed by atoms with van der Waals surface area (Å²) in [5.41, 5.74) is 12.6. The average Bonchev–Trinajstić information content (AvgIpc) is 3.26. The molecule has 0 spiro atoms. The molecule has 0 saturated carbocycles. The molecule has 170 valence electrons. The normalized spacial score (nSPS) is 14.2. The highest BCUT2D eigenvalue weighted by molar-refractivity contribution is 6.10. The van der Waals surface area contributed by atoms with Gasteiger partial charge in [-0.15, -0.1) is 0 Å². The van der Waals surface area contributed by atoms with Crippen molar-refractivity contribution in [3.05, 3.63) is 82.7 Å². The van der Waals surface area contributed by atoms with Gasteiger partial charge in [-0.25, -0.2) is 9.55 Å². The fraction of sp³-hybridized carbons (Fsp3) is 0.290. The van der Waals surface area contributed by atoms with Crippen molar-refractivity contribution in [2.24, 2.45) is 7.05 Å². The summed E-state index contributed by atoms with van der Waals surface area (Å²) in [6.07, 6.45) is 2.27. The van der Waals surface area contributed by atoms with E-state index in [1.807, 2.05) is 0 Å². The summed E-state index contributed by atoms with van der Waals surface area (Å²) in [6.45, 7) is 13.4. The first-order chi connectivity index (χ1) is 16.2. The summed E-state index contributed by atoms with van der Waals surface area (Å²) in [5, 5.41) is 2.21. The maximum Gasteiger partial charge on any atom is 0.227 e. The largest absolute Gasteiger partial charge is 0.437 e. The van der Waals surface area contributed by atoms with Gasteiger partial charge in [0.25, 0.3) is 0 Å². The molecule has 5 aromatic rings. The molecule has 34 heavy (non-hydrogen) atoms. The number of hydrogen-bond acceptors (Lipinski definition) is 2. The number of pyridine rings is 2. The second-order valence-corrected chi connectivity index (χ2v) is 10.7. The Bertz CT molecular complexity index is 1640. The highest BCUT2D eigenvalue weighted by Crippen LogP contribution is 2.49. The Morgan fingerprint density at radius 2 is 1.68 bits per heavy atom. The van der Waals surface area contributed by atoms with Gasteiger partial charge in [-0.05, 0) is 48.1 Å². The number of fused-ring (bicyclic) bond motifs is 6. The van der Waals surface area contributed by atoms with Crippen LogP contribution in [0.1, 0.15) is 61.6 Å². The van der Waals surface area contributed by atoms with Gasteiger partial charge in [0.05, 0.1) is 11.3 Å². The third-order valence-corrected chi connectivity index (χ3v) is 7.72. The molecule has 3 heterocycles. The van der Waals surface area contributed by atoms with Crippen LogP contribution in [0.3, 0.4) is 0 Å². The van der Waals surface area contributed by atoms with Crippen LogP contribution in [0.4, 0.5) is 0 Å². The maximum absolute atomic E-state index is 6.58. The SMILES string of the molecule is Cc1cc(-c2c(C)ccc3c2oc2nc4c(cc23)-c2ccccc2C4(C)C)[n+](C)cc1C(C)C. The van der Waals surface area contributed by atoms with Gasteiger partial charge in [-0.1, -0.05) is 64.1 Å². The van der Waals surface area contributed by atoms with Crippen molar-refractivity contribution in [1.29, 1.82) is 0 Å². The zero-order chi connectivity index (χ0) is 23.9. The molecule has 0 saturated heterocycles. The molecule has 1 aliphatic rings. The number of nitrogens with zero attached hydrogens (tertiary/aromatic N) is 2. The van der Waals surface area contributed by atoms with Crippen LogP contribution in [-0.4, -0.2) is 4.98 Å². The predicted octanol–water partition coefficient (Wildman–Crippen LogP) is 7.52. The van der Waals surface area contributed by atoms with Gasteiger partial charge < -0.3 is 4.42 Å². The van der Waals surface area contributed by atoms with Crippen LogP contribution in [0.2, 0.25) is 0 Å². The minimum Gasteiger partial charge on any atom is -0.437 e. The lowest BCUT2D eigenvalue weighted by Crippen LogP contribution is -2.32. The van der Waals surface area contributed by atoms with Gasteiger partial charge in [-0.3, -0.25) is 0 Å². The van der Waals surface area contributed by atoms with E-state index in [0.717, 1.165) is 33.3 Å². The van der Waals surface area contributed by atoms with Gasteiger partial charge in [-0.2, -0.15) is 0 Å². The molecule has 0 aliphatic heterocycles. The Morgan fingerprint density at radius 1 is 0.912 bits per heavy atom. The van der Waals surface area contributed by atoms with Gasteiger partial charge in [0.2, 0.25) is 11.4 Å². The average molecular weight is 448 g/mol. The van der Waals surface area contributed by atoms with Crippen LogP contribution in [0.25, 0.3) is 44.5 Å². The molecular formula is C31H31N2O+. The monoisotopic (exact) mass is 447 g/mol. The van der Waals surface area contributed by atoms with Gasteiger partial charge in [0, 0.05) is 33.4 Å². The third kappa shape index (κ3) is 2.76. The fourth-order valence-electron chi connectivity index (χ4n) is 5.88. The van der Waals surface area contributed by atoms with E-state index in [9.17, 15) is 0 Å². The van der Waals surface area contributed by atoms with E-state index in [0.29, 0.717) is 5.92 Å². The molecule has 6 rings (SSSR count). The third-order valence-electron chi connectivity index (χ3n) is 7.72. The fourth-order valence-corrected chi connectivity index (χ4v) is 5.88. The zero-order valence-corrected chi connectivity index (χ0v) is 21.1. The van der Waals surface area contributed by atoms with E-state index in [1.54, 1.807) is 0 Å². The minimum absolute atomic E-state index is 0.145. The van der Waals surface area contributed by atoms with Crippen molar-refractivity contribution in [2.75, 3.05) is 0 Å². The van der Waals surface area contributed by atoms with Crippen molar-refractivity contribution in [3.63, 3.8) is 0 Å². The van der Waals surface area contributed by atoms with E-state index < -0.39 is 0 Å². The van der Waals surface area contributed by atoms with Gasteiger partial charge in [0.1, 0.15) is 7.05 Å². The molecule has 2 aromatic carbocycles. The van der Waals surface area contributed by atoms with Crippen LogP contribution in [0.15, 0.2) is 59.1 Å². The Labute approximate surface area is 201 Å². The highest BCUT2D eigenvalue weighted by Gasteiger charge is 2.37. The summed E-state index contributed by atoms with van der Waals surface area (Å²) in [4.78, 5) is 5.13. The van der Waals surface area contributed by atoms with E-state index in [2.05, 4.69) is 108 Å². The summed E-state index contributed by atoms with van der Waals surface area (Å²) in [6, 6.07) is 17.7. The first kappa shape index (κ1) is 21.1. The van der Waals surface area contributed by atoms with Crippen LogP contribution in [-0.2, 0) is 12.5 Å². The Balaban J connectivity index is 1.65. The lowest BCUT2D eigenvalue weighted by Gasteiger charge is -2.19. The quantitative estimate of drug-likeness (QED) is 0.262. The standard InChI is InChI=1S/C31H31N2O/c1-17(2)24-16-33(7)26(14-19(24)4)27-18(3)12-13-21-23-15-22-20-10-8-9-11-25(20)31(5,6)29(22)32-30(23)34-28(21)27/h8-17H,1-7H3/q+1. The highest BCUT2D eigenvalue weighted by atomic mass is 16.3. The molecule has 3 nitrogen and oxygen atoms in total. The molecular weight excluding hydrogens is 416 g/mol. The van der Waals surface area contributed by atoms with Crippen LogP contribution >= 0.6 is 0 Å². The molecule has 3 heteroatoms. The van der Waals surface area contributed by atoms with E-state index in [4.69, 9.17) is 9.40 Å². The first-order valence-corrected chi connectivity index (χ1v) is 12.2. The van der Waals surface area contributed by atoms with Crippen LogP contribution in [0.5, 0.6) is 0 Å². The predicted molar refractivity (Wildman–Crippen MR) is 139 cm³/mol. The number of hydrogen-bond donors (Lipinski definition) is 0. The van der Waals surface area contributed by atoms with Crippen molar-refractivity contribution in [1.82, 2.24) is 4.98 Å². The van der Waals surface area contributed by atoms with Gasteiger partial charge in [0.15, 0.2) is 11.8 Å². The Kier molecular flexibility index (Phi) is 4.36. The second-order valence-electron chi connectivity index (χ2n) is 10.7. The number of aromatic nitrogens is 2. The van der Waals surface area contributed by atoms with Gasteiger partial charge >= 0.3 is 0 Å². The number of benzene rings is 2. The van der Waals surface area contributed by atoms with Crippen molar-refractivity contribution in [2.45, 2.75) is 52.9 Å².